The molecule has 0 fully saturated rings. The fourth-order valence-corrected chi connectivity index (χ4v) is 5.13. The van der Waals surface area contributed by atoms with Crippen molar-refractivity contribution >= 4 is 43.1 Å². The summed E-state index contributed by atoms with van der Waals surface area (Å²) in [5, 5.41) is -0.416. The molecule has 3 rings (SSSR count). The maximum absolute atomic E-state index is 11.4. The first-order valence-electron chi connectivity index (χ1n) is 6.65. The number of thioether (sulfide) groups is 1. The molecule has 0 bridgehead atoms. The summed E-state index contributed by atoms with van der Waals surface area (Å²) in [5.74, 6) is 0.749. The van der Waals surface area contributed by atoms with Gasteiger partial charge in [0.2, 0.25) is 0 Å². The summed E-state index contributed by atoms with van der Waals surface area (Å²) in [7, 11) is 0. The number of halogens is 1. The zero-order valence-electron chi connectivity index (χ0n) is 11.5. The molecule has 0 saturated heterocycles. The Kier molecular flexibility index (Phi) is 5.16. The molecule has 2 nitrogen and oxygen atoms in total. The number of benzene rings is 2. The second-order valence-corrected chi connectivity index (χ2v) is 7.73. The van der Waals surface area contributed by atoms with Crippen LogP contribution in [-0.4, -0.2) is 24.7 Å². The van der Waals surface area contributed by atoms with Crippen molar-refractivity contribution in [1.29, 1.82) is 0 Å². The Hall–Kier alpha value is -1.32. The SMILES string of the molecule is O=C(Cl)c1ccccc1SCc1c[se]c(-c2ccccc2)n1. The standard InChI is InChI=1S/C17H12ClNOSSe/c18-16(20)14-8-4-5-9-15(14)21-10-13-11-22-17(19-13)12-6-2-1-3-7-12/h1-9,11H,10H2. The Morgan fingerprint density at radius 3 is 2.59 bits per heavy atom. The third-order valence-corrected chi connectivity index (χ3v) is 6.33. The molecule has 0 N–H and O–H groups in total. The summed E-state index contributed by atoms with van der Waals surface area (Å²) in [6.45, 7) is 0. The van der Waals surface area contributed by atoms with Crippen molar-refractivity contribution in [2.45, 2.75) is 10.6 Å². The maximum atomic E-state index is 11.4. The molecule has 3 aromatic rings. The Balaban J connectivity index is 1.73. The van der Waals surface area contributed by atoms with Crippen LogP contribution in [0.4, 0.5) is 0 Å². The van der Waals surface area contributed by atoms with Crippen LogP contribution in [0.5, 0.6) is 0 Å². The summed E-state index contributed by atoms with van der Waals surface area (Å²) in [6, 6.07) is 17.7. The van der Waals surface area contributed by atoms with Crippen LogP contribution in [0.15, 0.2) is 64.4 Å². The first-order chi connectivity index (χ1) is 10.7. The molecule has 0 aliphatic heterocycles. The number of aromatic nitrogens is 1. The number of carbonyl (C=O) groups excluding carboxylic acids is 1. The summed E-state index contributed by atoms with van der Waals surface area (Å²) in [4.78, 5) is 19.2. The van der Waals surface area contributed by atoms with Crippen LogP contribution in [0, 0.1) is 0 Å². The van der Waals surface area contributed by atoms with Gasteiger partial charge in [-0.05, 0) is 0 Å². The summed E-state index contributed by atoms with van der Waals surface area (Å²) >= 11 is 7.49. The molecule has 0 amide bonds. The van der Waals surface area contributed by atoms with E-state index in [2.05, 4.69) is 17.1 Å². The van der Waals surface area contributed by atoms with Gasteiger partial charge in [-0.2, -0.15) is 0 Å². The van der Waals surface area contributed by atoms with E-state index in [0.717, 1.165) is 20.9 Å². The van der Waals surface area contributed by atoms with Crippen LogP contribution in [0.3, 0.4) is 0 Å². The van der Waals surface area contributed by atoms with Crippen LogP contribution < -0.4 is 0 Å². The quantitative estimate of drug-likeness (QED) is 0.364. The fourth-order valence-electron chi connectivity index (χ4n) is 1.99. The van der Waals surface area contributed by atoms with Crippen molar-refractivity contribution in [2.24, 2.45) is 0 Å². The van der Waals surface area contributed by atoms with Crippen molar-refractivity contribution in [1.82, 2.24) is 4.98 Å². The van der Waals surface area contributed by atoms with Gasteiger partial charge in [0.25, 0.3) is 0 Å². The Morgan fingerprint density at radius 2 is 1.82 bits per heavy atom. The van der Waals surface area contributed by atoms with Crippen molar-refractivity contribution in [3.63, 3.8) is 0 Å². The second kappa shape index (κ2) is 7.30. The van der Waals surface area contributed by atoms with Crippen LogP contribution in [0.2, 0.25) is 0 Å². The van der Waals surface area contributed by atoms with E-state index in [1.807, 2.05) is 36.4 Å². The summed E-state index contributed by atoms with van der Waals surface area (Å²) in [5.41, 5.74) is 2.82. The van der Waals surface area contributed by atoms with Gasteiger partial charge < -0.3 is 0 Å². The first kappa shape index (κ1) is 15.6. The van der Waals surface area contributed by atoms with Gasteiger partial charge in [-0.25, -0.2) is 0 Å². The van der Waals surface area contributed by atoms with Crippen molar-refractivity contribution in [2.75, 3.05) is 0 Å². The molecule has 0 atom stereocenters. The zero-order chi connectivity index (χ0) is 15.4. The fraction of sp³-hybridized carbons (Fsp3) is 0.0588. The van der Waals surface area contributed by atoms with Crippen LogP contribution in [-0.2, 0) is 5.75 Å². The number of hydrogen-bond donors (Lipinski definition) is 0. The molecular weight excluding hydrogens is 381 g/mol. The van der Waals surface area contributed by atoms with E-state index < -0.39 is 5.24 Å². The molecule has 2 aromatic carbocycles. The van der Waals surface area contributed by atoms with Gasteiger partial charge in [-0.15, -0.1) is 0 Å². The molecule has 0 aliphatic carbocycles. The van der Waals surface area contributed by atoms with Crippen LogP contribution in [0.1, 0.15) is 16.1 Å². The van der Waals surface area contributed by atoms with E-state index in [-0.39, 0.29) is 14.5 Å². The Labute approximate surface area is 144 Å². The van der Waals surface area contributed by atoms with E-state index in [1.165, 1.54) is 5.56 Å². The zero-order valence-corrected chi connectivity index (χ0v) is 14.8. The number of nitrogens with zero attached hydrogens (tertiary/aromatic N) is 1. The van der Waals surface area contributed by atoms with E-state index in [0.29, 0.717) is 5.56 Å². The van der Waals surface area contributed by atoms with E-state index in [1.54, 1.807) is 17.8 Å². The predicted octanol–water partition coefficient (Wildman–Crippen LogP) is 4.48. The molecule has 5 heteroatoms. The summed E-state index contributed by atoms with van der Waals surface area (Å²) < 4.78 is 1.16. The van der Waals surface area contributed by atoms with E-state index in [9.17, 15) is 4.79 Å². The topological polar surface area (TPSA) is 30.0 Å². The summed E-state index contributed by atoms with van der Waals surface area (Å²) in [6.07, 6.45) is 0. The molecule has 0 saturated carbocycles. The molecular formula is C17H12ClNOSSe. The van der Waals surface area contributed by atoms with Gasteiger partial charge >= 0.3 is 144 Å². The van der Waals surface area contributed by atoms with Crippen molar-refractivity contribution < 1.29 is 4.79 Å². The van der Waals surface area contributed by atoms with Gasteiger partial charge in [0.05, 0.1) is 0 Å². The third kappa shape index (κ3) is 3.71. The molecule has 1 heterocycles. The molecule has 0 spiro atoms. The van der Waals surface area contributed by atoms with Gasteiger partial charge in [0.1, 0.15) is 0 Å². The first-order valence-corrected chi connectivity index (χ1v) is 9.86. The molecule has 0 radical (unpaired) electrons. The predicted molar refractivity (Wildman–Crippen MR) is 92.8 cm³/mol. The minimum atomic E-state index is -0.416. The minimum absolute atomic E-state index is 0.277. The molecule has 1 aromatic heterocycles. The average Bonchev–Trinajstić information content (AvgIpc) is 3.03. The van der Waals surface area contributed by atoms with Crippen LogP contribution >= 0.6 is 23.4 Å². The second-order valence-electron chi connectivity index (χ2n) is 4.57. The van der Waals surface area contributed by atoms with Crippen molar-refractivity contribution in [3.8, 4) is 10.1 Å². The number of carbonyl (C=O) groups is 1. The van der Waals surface area contributed by atoms with E-state index >= 15 is 0 Å². The van der Waals surface area contributed by atoms with Crippen LogP contribution in [0.25, 0.3) is 10.1 Å². The Bertz CT molecular complexity index is 788. The van der Waals surface area contributed by atoms with E-state index in [4.69, 9.17) is 16.6 Å². The van der Waals surface area contributed by atoms with Gasteiger partial charge in [0, 0.05) is 0 Å². The molecule has 0 unspecified atom stereocenters. The van der Waals surface area contributed by atoms with Gasteiger partial charge in [-0.1, -0.05) is 0 Å². The van der Waals surface area contributed by atoms with Crippen molar-refractivity contribution in [3.05, 3.63) is 70.8 Å². The monoisotopic (exact) mass is 393 g/mol. The molecule has 110 valence electrons. The number of hydrogen-bond acceptors (Lipinski definition) is 3. The van der Waals surface area contributed by atoms with Gasteiger partial charge in [-0.3, -0.25) is 0 Å². The Morgan fingerprint density at radius 1 is 1.09 bits per heavy atom. The van der Waals surface area contributed by atoms with Gasteiger partial charge in [0.15, 0.2) is 0 Å². The third-order valence-electron chi connectivity index (χ3n) is 3.05. The normalized spacial score (nSPS) is 10.6. The molecule has 22 heavy (non-hydrogen) atoms. The average molecular weight is 393 g/mol. The molecule has 0 aliphatic rings. The number of rotatable bonds is 5.